The molecule has 0 aliphatic heterocycles. The maximum absolute atomic E-state index is 11.8. The molecule has 1 atom stereocenters. The summed E-state index contributed by atoms with van der Waals surface area (Å²) in [6.07, 6.45) is 1.34. The first kappa shape index (κ1) is 16.5. The highest BCUT2D eigenvalue weighted by Gasteiger charge is 2.20. The van der Waals surface area contributed by atoms with Crippen LogP contribution >= 0.6 is 11.3 Å². The Bertz CT molecular complexity index is 457. The SMILES string of the molecule is CCc1ccsc1CNC(=O)N[C@@H](CC(C)C)C(=O)O. The van der Waals surface area contributed by atoms with Gasteiger partial charge in [0.25, 0.3) is 0 Å². The number of aryl methyl sites for hydroxylation is 1. The first-order valence-electron chi connectivity index (χ1n) is 6.76. The van der Waals surface area contributed by atoms with Crippen molar-refractivity contribution in [1.29, 1.82) is 0 Å². The summed E-state index contributed by atoms with van der Waals surface area (Å²) >= 11 is 1.59. The number of aliphatic carboxylic acids is 1. The van der Waals surface area contributed by atoms with Crippen molar-refractivity contribution in [1.82, 2.24) is 10.6 Å². The average Bonchev–Trinajstić information content (AvgIpc) is 2.82. The van der Waals surface area contributed by atoms with Crippen molar-refractivity contribution in [2.24, 2.45) is 5.92 Å². The molecule has 2 amide bonds. The van der Waals surface area contributed by atoms with Crippen LogP contribution in [0.25, 0.3) is 0 Å². The van der Waals surface area contributed by atoms with E-state index in [9.17, 15) is 9.59 Å². The summed E-state index contributed by atoms with van der Waals surface area (Å²) in [5.74, 6) is -0.792. The lowest BCUT2D eigenvalue weighted by Crippen LogP contribution is -2.46. The molecule has 1 aromatic heterocycles. The summed E-state index contributed by atoms with van der Waals surface area (Å²) in [6.45, 7) is 6.35. The zero-order chi connectivity index (χ0) is 15.1. The van der Waals surface area contributed by atoms with Crippen molar-refractivity contribution < 1.29 is 14.7 Å². The molecule has 0 bridgehead atoms. The normalized spacial score (nSPS) is 12.2. The van der Waals surface area contributed by atoms with Gasteiger partial charge in [0.05, 0.1) is 6.54 Å². The Hall–Kier alpha value is -1.56. The van der Waals surface area contributed by atoms with E-state index in [2.05, 4.69) is 17.6 Å². The van der Waals surface area contributed by atoms with Crippen molar-refractivity contribution in [3.05, 3.63) is 21.9 Å². The van der Waals surface area contributed by atoms with Crippen molar-refractivity contribution in [3.8, 4) is 0 Å². The van der Waals surface area contributed by atoms with Crippen LogP contribution in [0.1, 0.15) is 37.6 Å². The fourth-order valence-corrected chi connectivity index (χ4v) is 2.82. The van der Waals surface area contributed by atoms with Crippen LogP contribution in [-0.4, -0.2) is 23.1 Å². The van der Waals surface area contributed by atoms with E-state index in [-0.39, 0.29) is 5.92 Å². The minimum atomic E-state index is -1.00. The van der Waals surface area contributed by atoms with Gasteiger partial charge in [-0.25, -0.2) is 9.59 Å². The Labute approximate surface area is 123 Å². The molecule has 6 heteroatoms. The van der Waals surface area contributed by atoms with E-state index in [4.69, 9.17) is 5.11 Å². The van der Waals surface area contributed by atoms with Crippen LogP contribution in [0, 0.1) is 5.92 Å². The summed E-state index contributed by atoms with van der Waals surface area (Å²) in [7, 11) is 0. The van der Waals surface area contributed by atoms with Crippen molar-refractivity contribution >= 4 is 23.3 Å². The average molecular weight is 298 g/mol. The number of thiophene rings is 1. The smallest absolute Gasteiger partial charge is 0.326 e. The molecule has 0 saturated carbocycles. The molecule has 1 aromatic rings. The summed E-state index contributed by atoms with van der Waals surface area (Å²) in [5.41, 5.74) is 1.22. The molecular formula is C14H22N2O3S. The molecule has 1 heterocycles. The van der Waals surface area contributed by atoms with Crippen molar-refractivity contribution in [2.45, 2.75) is 46.2 Å². The molecular weight excluding hydrogens is 276 g/mol. The molecule has 20 heavy (non-hydrogen) atoms. The zero-order valence-electron chi connectivity index (χ0n) is 12.1. The zero-order valence-corrected chi connectivity index (χ0v) is 12.9. The summed E-state index contributed by atoms with van der Waals surface area (Å²) in [4.78, 5) is 23.9. The van der Waals surface area contributed by atoms with Gasteiger partial charge >= 0.3 is 12.0 Å². The third-order valence-electron chi connectivity index (χ3n) is 2.94. The van der Waals surface area contributed by atoms with Gasteiger partial charge in [-0.3, -0.25) is 0 Å². The Morgan fingerprint density at radius 3 is 2.65 bits per heavy atom. The fraction of sp³-hybridized carbons (Fsp3) is 0.571. The van der Waals surface area contributed by atoms with Crippen LogP contribution in [0.2, 0.25) is 0 Å². The number of carbonyl (C=O) groups excluding carboxylic acids is 1. The van der Waals surface area contributed by atoms with Crippen LogP contribution in [0.3, 0.4) is 0 Å². The van der Waals surface area contributed by atoms with E-state index in [1.54, 1.807) is 11.3 Å². The molecule has 112 valence electrons. The van der Waals surface area contributed by atoms with Crippen LogP contribution in [0.5, 0.6) is 0 Å². The summed E-state index contributed by atoms with van der Waals surface area (Å²) in [5, 5.41) is 16.3. The van der Waals surface area contributed by atoms with Crippen molar-refractivity contribution in [2.75, 3.05) is 0 Å². The number of carboxylic acid groups (broad SMARTS) is 1. The van der Waals surface area contributed by atoms with Gasteiger partial charge < -0.3 is 15.7 Å². The number of carbonyl (C=O) groups is 2. The highest BCUT2D eigenvalue weighted by molar-refractivity contribution is 7.10. The molecule has 1 rings (SSSR count). The maximum Gasteiger partial charge on any atom is 0.326 e. The molecule has 0 unspecified atom stereocenters. The van der Waals surface area contributed by atoms with Crippen LogP contribution in [0.15, 0.2) is 11.4 Å². The lowest BCUT2D eigenvalue weighted by atomic mass is 10.0. The van der Waals surface area contributed by atoms with E-state index in [1.807, 2.05) is 25.3 Å². The highest BCUT2D eigenvalue weighted by Crippen LogP contribution is 2.16. The molecule has 0 aliphatic rings. The summed E-state index contributed by atoms with van der Waals surface area (Å²) in [6, 6.07) is 0.760. The number of urea groups is 1. The molecule has 0 saturated heterocycles. The molecule has 0 aliphatic carbocycles. The number of amides is 2. The first-order valence-corrected chi connectivity index (χ1v) is 7.64. The Balaban J connectivity index is 2.48. The lowest BCUT2D eigenvalue weighted by Gasteiger charge is -2.16. The van der Waals surface area contributed by atoms with Gasteiger partial charge in [0.15, 0.2) is 0 Å². The molecule has 5 nitrogen and oxygen atoms in total. The van der Waals surface area contributed by atoms with Crippen LogP contribution in [-0.2, 0) is 17.8 Å². The summed E-state index contributed by atoms with van der Waals surface area (Å²) < 4.78 is 0. The molecule has 0 spiro atoms. The van der Waals surface area contributed by atoms with Gasteiger partial charge in [0.2, 0.25) is 0 Å². The standard InChI is InChI=1S/C14H22N2O3S/c1-4-10-5-6-20-12(10)8-15-14(19)16-11(13(17)18)7-9(2)3/h5-6,9,11H,4,7-8H2,1-3H3,(H,17,18)(H2,15,16,19)/t11-/m0/s1. The lowest BCUT2D eigenvalue weighted by molar-refractivity contribution is -0.139. The molecule has 0 radical (unpaired) electrons. The first-order chi connectivity index (χ1) is 9.43. The fourth-order valence-electron chi connectivity index (χ4n) is 1.90. The van der Waals surface area contributed by atoms with Gasteiger partial charge in [0.1, 0.15) is 6.04 Å². The van der Waals surface area contributed by atoms with Gasteiger partial charge in [-0.2, -0.15) is 0 Å². The van der Waals surface area contributed by atoms with Gasteiger partial charge in [-0.15, -0.1) is 11.3 Å². The second-order valence-electron chi connectivity index (χ2n) is 5.07. The minimum Gasteiger partial charge on any atom is -0.480 e. The monoisotopic (exact) mass is 298 g/mol. The second kappa shape index (κ2) is 7.89. The maximum atomic E-state index is 11.8. The quantitative estimate of drug-likeness (QED) is 0.724. The van der Waals surface area contributed by atoms with Crippen LogP contribution < -0.4 is 10.6 Å². The van der Waals surface area contributed by atoms with Gasteiger partial charge in [-0.05, 0) is 35.8 Å². The van der Waals surface area contributed by atoms with Crippen molar-refractivity contribution in [3.63, 3.8) is 0 Å². The van der Waals surface area contributed by atoms with Gasteiger partial charge in [-0.1, -0.05) is 20.8 Å². The van der Waals surface area contributed by atoms with E-state index in [0.29, 0.717) is 13.0 Å². The third kappa shape index (κ3) is 5.21. The Morgan fingerprint density at radius 1 is 1.40 bits per heavy atom. The largest absolute Gasteiger partial charge is 0.480 e. The molecule has 3 N–H and O–H groups in total. The third-order valence-corrected chi connectivity index (χ3v) is 3.90. The van der Waals surface area contributed by atoms with Gasteiger partial charge in [0, 0.05) is 4.88 Å². The Morgan fingerprint density at radius 2 is 2.10 bits per heavy atom. The number of nitrogens with one attached hydrogen (secondary N) is 2. The number of hydrogen-bond donors (Lipinski definition) is 3. The highest BCUT2D eigenvalue weighted by atomic mass is 32.1. The number of hydrogen-bond acceptors (Lipinski definition) is 3. The van der Waals surface area contributed by atoms with E-state index in [1.165, 1.54) is 5.56 Å². The number of rotatable bonds is 7. The Kier molecular flexibility index (Phi) is 6.51. The topological polar surface area (TPSA) is 78.4 Å². The predicted molar refractivity (Wildman–Crippen MR) is 79.9 cm³/mol. The molecule has 0 aromatic carbocycles. The molecule has 0 fully saturated rings. The van der Waals surface area contributed by atoms with E-state index >= 15 is 0 Å². The number of carboxylic acids is 1. The van der Waals surface area contributed by atoms with Crippen LogP contribution in [0.4, 0.5) is 4.79 Å². The predicted octanol–water partition coefficient (Wildman–Crippen LogP) is 2.61. The minimum absolute atomic E-state index is 0.209. The second-order valence-corrected chi connectivity index (χ2v) is 6.07. The van der Waals surface area contributed by atoms with E-state index < -0.39 is 18.0 Å². The van der Waals surface area contributed by atoms with E-state index in [0.717, 1.165) is 11.3 Å².